The quantitative estimate of drug-likeness (QED) is 0.772. The van der Waals surface area contributed by atoms with Gasteiger partial charge in [0.2, 0.25) is 0 Å². The number of hydrogen-bond acceptors (Lipinski definition) is 3. The van der Waals surface area contributed by atoms with Crippen LogP contribution < -0.4 is 5.32 Å². The Morgan fingerprint density at radius 1 is 1.50 bits per heavy atom. The molecule has 0 spiro atoms. The molecular formula is C11H19N3. The number of anilines is 1. The van der Waals surface area contributed by atoms with E-state index in [2.05, 4.69) is 42.2 Å². The number of rotatable bonds is 5. The van der Waals surface area contributed by atoms with Crippen LogP contribution in [0.15, 0.2) is 18.3 Å². The molecular weight excluding hydrogens is 174 g/mol. The lowest BCUT2D eigenvalue weighted by atomic mass is 10.3. The molecule has 0 atom stereocenters. The highest BCUT2D eigenvalue weighted by molar-refractivity contribution is 5.42. The Morgan fingerprint density at radius 3 is 2.93 bits per heavy atom. The van der Waals surface area contributed by atoms with Crippen LogP contribution in [-0.2, 0) is 0 Å². The summed E-state index contributed by atoms with van der Waals surface area (Å²) in [7, 11) is 2.12. The van der Waals surface area contributed by atoms with E-state index in [1.807, 2.05) is 12.3 Å². The van der Waals surface area contributed by atoms with Gasteiger partial charge in [-0.2, -0.15) is 0 Å². The molecule has 1 aromatic heterocycles. The van der Waals surface area contributed by atoms with Crippen molar-refractivity contribution in [3.05, 3.63) is 23.9 Å². The molecule has 0 aromatic carbocycles. The molecule has 0 unspecified atom stereocenters. The molecule has 0 fully saturated rings. The molecule has 3 heteroatoms. The van der Waals surface area contributed by atoms with Crippen LogP contribution in [0.3, 0.4) is 0 Å². The summed E-state index contributed by atoms with van der Waals surface area (Å²) in [6.45, 7) is 7.31. The minimum Gasteiger partial charge on any atom is -0.369 e. The second-order valence-corrected chi connectivity index (χ2v) is 3.49. The smallest absolute Gasteiger partial charge is 0.128 e. The van der Waals surface area contributed by atoms with Gasteiger partial charge in [0, 0.05) is 19.3 Å². The largest absolute Gasteiger partial charge is 0.369 e. The molecule has 0 saturated carbocycles. The molecule has 0 saturated heterocycles. The molecule has 1 aromatic rings. The highest BCUT2D eigenvalue weighted by atomic mass is 15.1. The third kappa shape index (κ3) is 3.34. The van der Waals surface area contributed by atoms with Crippen molar-refractivity contribution in [3.8, 4) is 0 Å². The number of nitrogens with zero attached hydrogens (tertiary/aromatic N) is 2. The lowest BCUT2D eigenvalue weighted by molar-refractivity contribution is 0.367. The summed E-state index contributed by atoms with van der Waals surface area (Å²) >= 11 is 0. The maximum absolute atomic E-state index is 4.27. The fourth-order valence-electron chi connectivity index (χ4n) is 1.19. The van der Waals surface area contributed by atoms with Crippen molar-refractivity contribution in [1.82, 2.24) is 9.88 Å². The molecule has 1 heterocycles. The van der Waals surface area contributed by atoms with E-state index >= 15 is 0 Å². The predicted octanol–water partition coefficient (Wildman–Crippen LogP) is 1.75. The second kappa shape index (κ2) is 5.60. The maximum atomic E-state index is 4.27. The zero-order valence-electron chi connectivity index (χ0n) is 9.25. The van der Waals surface area contributed by atoms with Crippen molar-refractivity contribution in [2.75, 3.05) is 32.0 Å². The molecule has 1 rings (SSSR count). The van der Waals surface area contributed by atoms with E-state index in [1.54, 1.807) is 0 Å². The molecule has 0 aliphatic rings. The number of aromatic nitrogens is 1. The molecule has 0 radical (unpaired) electrons. The van der Waals surface area contributed by atoms with Gasteiger partial charge in [0.05, 0.1) is 0 Å². The van der Waals surface area contributed by atoms with Gasteiger partial charge in [0.25, 0.3) is 0 Å². The first kappa shape index (κ1) is 11.0. The first-order valence-corrected chi connectivity index (χ1v) is 5.08. The van der Waals surface area contributed by atoms with Crippen LogP contribution in [0.2, 0.25) is 0 Å². The van der Waals surface area contributed by atoms with E-state index in [-0.39, 0.29) is 0 Å². The summed E-state index contributed by atoms with van der Waals surface area (Å²) in [6.07, 6.45) is 1.82. The highest BCUT2D eigenvalue weighted by Crippen LogP contribution is 2.07. The molecule has 0 amide bonds. The fraction of sp³-hybridized carbons (Fsp3) is 0.545. The van der Waals surface area contributed by atoms with Gasteiger partial charge in [-0.3, -0.25) is 0 Å². The maximum Gasteiger partial charge on any atom is 0.128 e. The van der Waals surface area contributed by atoms with Gasteiger partial charge in [-0.05, 0) is 32.1 Å². The number of likely N-dealkylation sites (N-methyl/N-ethyl adjacent to an activating group) is 1. The number of pyridine rings is 1. The van der Waals surface area contributed by atoms with Crippen molar-refractivity contribution < 1.29 is 0 Å². The average molecular weight is 193 g/mol. The third-order valence-electron chi connectivity index (χ3n) is 2.34. The lowest BCUT2D eigenvalue weighted by Gasteiger charge is -2.14. The Bertz CT molecular complexity index is 273. The van der Waals surface area contributed by atoms with Gasteiger partial charge in [-0.1, -0.05) is 13.0 Å². The Kier molecular flexibility index (Phi) is 4.40. The topological polar surface area (TPSA) is 28.2 Å². The van der Waals surface area contributed by atoms with Crippen LogP contribution in [0, 0.1) is 6.92 Å². The van der Waals surface area contributed by atoms with Gasteiger partial charge < -0.3 is 10.2 Å². The Balaban J connectivity index is 2.35. The SMILES string of the molecule is CCN(C)CCNc1ncccc1C. The van der Waals surface area contributed by atoms with Crippen LogP contribution in [0.5, 0.6) is 0 Å². The van der Waals surface area contributed by atoms with Crippen molar-refractivity contribution in [3.63, 3.8) is 0 Å². The highest BCUT2D eigenvalue weighted by Gasteiger charge is 1.97. The van der Waals surface area contributed by atoms with Gasteiger partial charge in [-0.15, -0.1) is 0 Å². The molecule has 3 nitrogen and oxygen atoms in total. The van der Waals surface area contributed by atoms with Crippen LogP contribution in [-0.4, -0.2) is 36.6 Å². The molecule has 78 valence electrons. The number of aryl methyl sites for hydroxylation is 1. The summed E-state index contributed by atoms with van der Waals surface area (Å²) in [5.41, 5.74) is 1.20. The van der Waals surface area contributed by atoms with E-state index in [1.165, 1.54) is 5.56 Å². The van der Waals surface area contributed by atoms with E-state index in [9.17, 15) is 0 Å². The van der Waals surface area contributed by atoms with Crippen LogP contribution in [0.1, 0.15) is 12.5 Å². The number of hydrogen-bond donors (Lipinski definition) is 1. The van der Waals surface area contributed by atoms with Gasteiger partial charge >= 0.3 is 0 Å². The second-order valence-electron chi connectivity index (χ2n) is 3.49. The normalized spacial score (nSPS) is 10.6. The van der Waals surface area contributed by atoms with E-state index in [0.717, 1.165) is 25.5 Å². The molecule has 0 bridgehead atoms. The molecule has 1 N–H and O–H groups in total. The summed E-state index contributed by atoms with van der Waals surface area (Å²) in [5.74, 6) is 0.997. The zero-order valence-corrected chi connectivity index (χ0v) is 9.25. The van der Waals surface area contributed by atoms with Crippen LogP contribution in [0.25, 0.3) is 0 Å². The van der Waals surface area contributed by atoms with E-state index in [4.69, 9.17) is 0 Å². The average Bonchev–Trinajstić information content (AvgIpc) is 2.20. The van der Waals surface area contributed by atoms with Gasteiger partial charge in [0.1, 0.15) is 5.82 Å². The fourth-order valence-corrected chi connectivity index (χ4v) is 1.19. The number of nitrogens with one attached hydrogen (secondary N) is 1. The molecule has 14 heavy (non-hydrogen) atoms. The monoisotopic (exact) mass is 193 g/mol. The van der Waals surface area contributed by atoms with Crippen molar-refractivity contribution in [1.29, 1.82) is 0 Å². The van der Waals surface area contributed by atoms with Crippen molar-refractivity contribution in [2.24, 2.45) is 0 Å². The first-order valence-electron chi connectivity index (χ1n) is 5.08. The summed E-state index contributed by atoms with van der Waals surface area (Å²) in [5, 5.41) is 3.33. The Morgan fingerprint density at radius 2 is 2.29 bits per heavy atom. The zero-order chi connectivity index (χ0) is 10.4. The first-order chi connectivity index (χ1) is 6.74. The standard InChI is InChI=1S/C11H19N3/c1-4-14(3)9-8-13-11-10(2)6-5-7-12-11/h5-7H,4,8-9H2,1-3H3,(H,12,13). The van der Waals surface area contributed by atoms with E-state index < -0.39 is 0 Å². The Hall–Kier alpha value is -1.09. The van der Waals surface area contributed by atoms with Crippen LogP contribution in [0.4, 0.5) is 5.82 Å². The Labute approximate surface area is 86.2 Å². The van der Waals surface area contributed by atoms with Crippen molar-refractivity contribution in [2.45, 2.75) is 13.8 Å². The summed E-state index contributed by atoms with van der Waals surface area (Å²) < 4.78 is 0. The summed E-state index contributed by atoms with van der Waals surface area (Å²) in [4.78, 5) is 6.54. The molecule has 0 aliphatic heterocycles. The van der Waals surface area contributed by atoms with Gasteiger partial charge in [0.15, 0.2) is 0 Å². The summed E-state index contributed by atoms with van der Waals surface area (Å²) in [6, 6.07) is 4.03. The van der Waals surface area contributed by atoms with Crippen molar-refractivity contribution >= 4 is 5.82 Å². The predicted molar refractivity (Wildman–Crippen MR) is 60.6 cm³/mol. The lowest BCUT2D eigenvalue weighted by Crippen LogP contribution is -2.25. The molecule has 0 aliphatic carbocycles. The minimum absolute atomic E-state index is 0.947. The van der Waals surface area contributed by atoms with Gasteiger partial charge in [-0.25, -0.2) is 4.98 Å². The third-order valence-corrected chi connectivity index (χ3v) is 2.34. The van der Waals surface area contributed by atoms with Crippen LogP contribution >= 0.6 is 0 Å². The van der Waals surface area contributed by atoms with E-state index in [0.29, 0.717) is 0 Å². The minimum atomic E-state index is 0.947.